The van der Waals surface area contributed by atoms with Crippen LogP contribution in [0.4, 0.5) is 0 Å². The van der Waals surface area contributed by atoms with Gasteiger partial charge in [0.05, 0.1) is 23.8 Å². The largest absolute Gasteiger partial charge is 0.476 e. The summed E-state index contributed by atoms with van der Waals surface area (Å²) in [6.07, 6.45) is 5.75. The third-order valence-corrected chi connectivity index (χ3v) is 3.71. The van der Waals surface area contributed by atoms with Gasteiger partial charge in [0.2, 0.25) is 5.88 Å². The van der Waals surface area contributed by atoms with Crippen LogP contribution in [0.5, 0.6) is 5.88 Å². The fraction of sp³-hybridized carbons (Fsp3) is 0.667. The predicted octanol–water partition coefficient (Wildman–Crippen LogP) is 2.21. The second kappa shape index (κ2) is 2.50. The summed E-state index contributed by atoms with van der Waals surface area (Å²) in [7, 11) is 0. The highest BCUT2D eigenvalue weighted by atomic mass is 79.9. The molecule has 1 fully saturated rings. The van der Waals surface area contributed by atoms with Gasteiger partial charge in [-0.1, -0.05) is 6.42 Å². The second-order valence-corrected chi connectivity index (χ2v) is 4.95. The highest BCUT2D eigenvalue weighted by Crippen LogP contribution is 2.46. The number of rotatable bonds is 0. The number of hydrogen-bond acceptors (Lipinski definition) is 2. The van der Waals surface area contributed by atoms with E-state index in [-0.39, 0.29) is 0 Å². The molecule has 13 heavy (non-hydrogen) atoms. The van der Waals surface area contributed by atoms with Crippen molar-refractivity contribution in [1.29, 1.82) is 0 Å². The summed E-state index contributed by atoms with van der Waals surface area (Å²) >= 11 is 3.42. The van der Waals surface area contributed by atoms with Crippen LogP contribution < -0.4 is 4.74 Å². The molecule has 2 heterocycles. The van der Waals surface area contributed by atoms with Crippen LogP contribution in [-0.4, -0.2) is 16.4 Å². The van der Waals surface area contributed by atoms with Crippen molar-refractivity contribution in [3.05, 3.63) is 10.7 Å². The van der Waals surface area contributed by atoms with Gasteiger partial charge in [-0.15, -0.1) is 0 Å². The molecule has 1 aromatic heterocycles. The zero-order valence-electron chi connectivity index (χ0n) is 7.29. The summed E-state index contributed by atoms with van der Waals surface area (Å²) in [5.41, 5.74) is 0.415. The molecule has 0 aromatic carbocycles. The molecule has 0 radical (unpaired) electrons. The van der Waals surface area contributed by atoms with E-state index in [9.17, 15) is 0 Å². The molecule has 1 aromatic rings. The summed E-state index contributed by atoms with van der Waals surface area (Å²) in [4.78, 5) is 0. The molecule has 2 aliphatic rings. The minimum absolute atomic E-state index is 0.415. The molecule has 70 valence electrons. The van der Waals surface area contributed by atoms with E-state index in [0.29, 0.717) is 5.41 Å². The van der Waals surface area contributed by atoms with Crippen LogP contribution in [0.2, 0.25) is 0 Å². The van der Waals surface area contributed by atoms with E-state index in [1.54, 1.807) is 0 Å². The quantitative estimate of drug-likeness (QED) is 0.698. The van der Waals surface area contributed by atoms with Crippen LogP contribution in [-0.2, 0) is 6.54 Å². The SMILES string of the molecule is Brc1cnn2c1OCC1(CCC1)C2. The van der Waals surface area contributed by atoms with Gasteiger partial charge in [-0.25, -0.2) is 4.68 Å². The number of aromatic nitrogens is 2. The number of nitrogens with zero attached hydrogens (tertiary/aromatic N) is 2. The Balaban J connectivity index is 1.95. The van der Waals surface area contributed by atoms with Crippen molar-refractivity contribution >= 4 is 15.9 Å². The Morgan fingerprint density at radius 1 is 1.54 bits per heavy atom. The first-order chi connectivity index (χ1) is 6.29. The van der Waals surface area contributed by atoms with Crippen LogP contribution in [0.15, 0.2) is 10.7 Å². The Bertz CT molecular complexity index is 343. The van der Waals surface area contributed by atoms with E-state index in [2.05, 4.69) is 21.0 Å². The normalized spacial score (nSPS) is 23.5. The maximum Gasteiger partial charge on any atom is 0.226 e. The van der Waals surface area contributed by atoms with Gasteiger partial charge >= 0.3 is 0 Å². The number of ether oxygens (including phenoxy) is 1. The molecule has 0 amide bonds. The smallest absolute Gasteiger partial charge is 0.226 e. The number of halogens is 1. The Labute approximate surface area is 85.2 Å². The Hall–Kier alpha value is -0.510. The highest BCUT2D eigenvalue weighted by Gasteiger charge is 2.42. The van der Waals surface area contributed by atoms with Crippen LogP contribution in [0.25, 0.3) is 0 Å². The Morgan fingerprint density at radius 3 is 3.08 bits per heavy atom. The topological polar surface area (TPSA) is 27.1 Å². The van der Waals surface area contributed by atoms with Gasteiger partial charge in [0, 0.05) is 5.41 Å². The van der Waals surface area contributed by atoms with Crippen molar-refractivity contribution in [2.75, 3.05) is 6.61 Å². The predicted molar refractivity (Wildman–Crippen MR) is 51.7 cm³/mol. The van der Waals surface area contributed by atoms with Gasteiger partial charge in [0.1, 0.15) is 0 Å². The average molecular weight is 243 g/mol. The van der Waals surface area contributed by atoms with E-state index < -0.39 is 0 Å². The molecule has 1 spiro atoms. The third-order valence-electron chi connectivity index (χ3n) is 3.16. The van der Waals surface area contributed by atoms with Gasteiger partial charge < -0.3 is 4.74 Å². The standard InChI is InChI=1S/C9H11BrN2O/c10-7-4-11-12-5-9(2-1-3-9)6-13-8(7)12/h4H,1-3,5-6H2. The molecular weight excluding hydrogens is 232 g/mol. The molecule has 0 saturated heterocycles. The van der Waals surface area contributed by atoms with Crippen LogP contribution >= 0.6 is 15.9 Å². The lowest BCUT2D eigenvalue weighted by Gasteiger charge is -2.44. The lowest BCUT2D eigenvalue weighted by atomic mass is 9.69. The summed E-state index contributed by atoms with van der Waals surface area (Å²) in [6.45, 7) is 1.91. The van der Waals surface area contributed by atoms with Crippen LogP contribution in [0.3, 0.4) is 0 Å². The summed E-state index contributed by atoms with van der Waals surface area (Å²) in [5.74, 6) is 0.900. The van der Waals surface area contributed by atoms with E-state index in [1.807, 2.05) is 10.9 Å². The van der Waals surface area contributed by atoms with Crippen molar-refractivity contribution in [3.8, 4) is 5.88 Å². The molecule has 0 N–H and O–H groups in total. The molecule has 0 atom stereocenters. The fourth-order valence-corrected chi connectivity index (χ4v) is 2.58. The molecule has 1 aliphatic carbocycles. The molecule has 0 unspecified atom stereocenters. The average Bonchev–Trinajstić information content (AvgIpc) is 2.45. The maximum atomic E-state index is 5.71. The summed E-state index contributed by atoms with van der Waals surface area (Å²) < 4.78 is 8.66. The van der Waals surface area contributed by atoms with Crippen LogP contribution in [0.1, 0.15) is 19.3 Å². The van der Waals surface area contributed by atoms with Crippen molar-refractivity contribution in [2.24, 2.45) is 5.41 Å². The molecule has 3 nitrogen and oxygen atoms in total. The number of fused-ring (bicyclic) bond motifs is 1. The molecule has 1 aliphatic heterocycles. The van der Waals surface area contributed by atoms with Gasteiger partial charge in [0.15, 0.2) is 0 Å². The lowest BCUT2D eigenvalue weighted by molar-refractivity contribution is 0.00143. The summed E-state index contributed by atoms with van der Waals surface area (Å²) in [5, 5.41) is 4.28. The molecule has 0 bridgehead atoms. The fourth-order valence-electron chi connectivity index (χ4n) is 2.17. The summed E-state index contributed by atoms with van der Waals surface area (Å²) in [6, 6.07) is 0. The highest BCUT2D eigenvalue weighted by molar-refractivity contribution is 9.10. The van der Waals surface area contributed by atoms with Gasteiger partial charge in [-0.3, -0.25) is 0 Å². The lowest BCUT2D eigenvalue weighted by Crippen LogP contribution is -2.43. The first-order valence-electron chi connectivity index (χ1n) is 4.63. The van der Waals surface area contributed by atoms with Gasteiger partial charge in [-0.05, 0) is 28.8 Å². The maximum absolute atomic E-state index is 5.71. The monoisotopic (exact) mass is 242 g/mol. The van der Waals surface area contributed by atoms with Gasteiger partial charge in [-0.2, -0.15) is 5.10 Å². The third kappa shape index (κ3) is 1.04. The Morgan fingerprint density at radius 2 is 2.38 bits per heavy atom. The molecule has 1 saturated carbocycles. The molecule has 4 heteroatoms. The van der Waals surface area contributed by atoms with Crippen molar-refractivity contribution < 1.29 is 4.74 Å². The minimum Gasteiger partial charge on any atom is -0.476 e. The first kappa shape index (κ1) is 7.85. The Kier molecular flexibility index (Phi) is 1.51. The van der Waals surface area contributed by atoms with E-state index in [1.165, 1.54) is 19.3 Å². The zero-order valence-corrected chi connectivity index (χ0v) is 8.88. The van der Waals surface area contributed by atoms with Crippen molar-refractivity contribution in [2.45, 2.75) is 25.8 Å². The van der Waals surface area contributed by atoms with Crippen molar-refractivity contribution in [1.82, 2.24) is 9.78 Å². The van der Waals surface area contributed by atoms with Crippen molar-refractivity contribution in [3.63, 3.8) is 0 Å². The minimum atomic E-state index is 0.415. The van der Waals surface area contributed by atoms with Gasteiger partial charge in [0.25, 0.3) is 0 Å². The van der Waals surface area contributed by atoms with Crippen LogP contribution in [0, 0.1) is 5.41 Å². The number of hydrogen-bond donors (Lipinski definition) is 0. The second-order valence-electron chi connectivity index (χ2n) is 4.10. The van der Waals surface area contributed by atoms with E-state index in [0.717, 1.165) is 23.5 Å². The van der Waals surface area contributed by atoms with E-state index >= 15 is 0 Å². The molecular formula is C9H11BrN2O. The van der Waals surface area contributed by atoms with E-state index in [4.69, 9.17) is 4.74 Å². The molecule has 3 rings (SSSR count). The zero-order chi connectivity index (χ0) is 8.89. The first-order valence-corrected chi connectivity index (χ1v) is 5.43.